The van der Waals surface area contributed by atoms with E-state index in [4.69, 9.17) is 99.5 Å². The van der Waals surface area contributed by atoms with Gasteiger partial charge in [0.15, 0.2) is 44.0 Å². The van der Waals surface area contributed by atoms with Crippen molar-refractivity contribution in [2.75, 3.05) is 46.2 Å². The first-order valence-corrected chi connectivity index (χ1v) is 38.7. The summed E-state index contributed by atoms with van der Waals surface area (Å²) in [7, 11) is 0. The second-order valence-corrected chi connectivity index (χ2v) is 29.4. The Kier molecular flexibility index (Phi) is 38.9. The number of hydrogen-bond acceptors (Lipinski definition) is 49. The maximum absolute atomic E-state index is 13.1. The number of carboxylic acid groups (broad SMARTS) is 7. The summed E-state index contributed by atoms with van der Waals surface area (Å²) in [5, 5.41) is 235. The summed E-state index contributed by atoms with van der Waals surface area (Å²) in [6.07, 6.45) is -99.2. The molecule has 56 nitrogen and oxygen atoms in total. The van der Waals surface area contributed by atoms with E-state index in [-0.39, 0.29) is 0 Å². The molecule has 56 heteroatoms. The highest BCUT2D eigenvalue weighted by Crippen LogP contribution is 2.40. The van der Waals surface area contributed by atoms with Gasteiger partial charge in [-0.05, 0) is 0 Å². The molecule has 35 atom stereocenters. The molecule has 0 amide bonds. The van der Waals surface area contributed by atoms with Crippen LogP contribution in [-0.4, -0.2) is 452 Å². The molecule has 714 valence electrons. The predicted octanol–water partition coefficient (Wildman–Crippen LogP) is -12.3. The van der Waals surface area contributed by atoms with Crippen LogP contribution in [0.2, 0.25) is 0 Å². The highest BCUT2D eigenvalue weighted by atomic mass is 16.8. The number of esters is 7. The van der Waals surface area contributed by atoms with Gasteiger partial charge in [-0.25, -0.2) is 0 Å². The highest BCUT2D eigenvalue weighted by Gasteiger charge is 2.61. The first-order valence-electron chi connectivity index (χ1n) is 38.7. The zero-order valence-corrected chi connectivity index (χ0v) is 65.7. The number of hydrogen-bond donors (Lipinski definition) is 21. The van der Waals surface area contributed by atoms with Crippen LogP contribution in [0.25, 0.3) is 0 Å². The third-order valence-corrected chi connectivity index (χ3v) is 20.2. The lowest BCUT2D eigenvalue weighted by molar-refractivity contribution is -0.396. The molecular weight excluding hydrogens is 1740 g/mol. The molecule has 126 heavy (non-hydrogen) atoms. The molecule has 0 saturated carbocycles. The largest absolute Gasteiger partial charge is 0.481 e. The van der Waals surface area contributed by atoms with E-state index in [1.54, 1.807) is 0 Å². The van der Waals surface area contributed by atoms with Gasteiger partial charge in [-0.15, -0.1) is 0 Å². The summed E-state index contributed by atoms with van der Waals surface area (Å²) >= 11 is 0. The lowest BCUT2D eigenvalue weighted by atomic mass is 9.95. The average molecular weight is 1840 g/mol. The van der Waals surface area contributed by atoms with Gasteiger partial charge in [0.2, 0.25) is 0 Å². The number of carboxylic acids is 7. The lowest BCUT2D eigenvalue weighted by Gasteiger charge is -2.50. The van der Waals surface area contributed by atoms with Gasteiger partial charge in [-0.1, -0.05) is 0 Å². The Morgan fingerprint density at radius 1 is 0.159 bits per heavy atom. The van der Waals surface area contributed by atoms with Crippen LogP contribution in [0.4, 0.5) is 0 Å². The Morgan fingerprint density at radius 2 is 0.262 bits per heavy atom. The fourth-order valence-corrected chi connectivity index (χ4v) is 13.5. The van der Waals surface area contributed by atoms with Gasteiger partial charge in [-0.2, -0.15) is 0 Å². The number of carbonyl (C=O) groups is 14. The molecule has 14 bridgehead atoms. The van der Waals surface area contributed by atoms with E-state index in [1.165, 1.54) is 0 Å². The van der Waals surface area contributed by atoms with Crippen LogP contribution in [0.3, 0.4) is 0 Å². The molecule has 0 spiro atoms. The number of aliphatic hydroxyl groups excluding tert-OH is 14. The highest BCUT2D eigenvalue weighted by molar-refractivity contribution is 5.80. The van der Waals surface area contributed by atoms with E-state index in [2.05, 4.69) is 0 Å². The molecule has 21 aliphatic heterocycles. The third-order valence-electron chi connectivity index (χ3n) is 20.2. The molecule has 0 aromatic heterocycles. The normalized spacial score (nSPS) is 37.8. The summed E-state index contributed by atoms with van der Waals surface area (Å²) in [4.78, 5) is 172. The number of ether oxygens (including phenoxy) is 21. The van der Waals surface area contributed by atoms with E-state index in [1.807, 2.05) is 0 Å². The number of aliphatic hydroxyl groups is 14. The van der Waals surface area contributed by atoms with Gasteiger partial charge in [0.1, 0.15) is 217 Å². The van der Waals surface area contributed by atoms with Gasteiger partial charge >= 0.3 is 83.6 Å². The van der Waals surface area contributed by atoms with Crippen molar-refractivity contribution in [3.05, 3.63) is 0 Å². The standard InChI is InChI=1S/C70H98O56/c71-29(72)1-8-36(85)106-15-22-57-43(92)50(99)64(113-22)121-58-23(16-107-37(86)9-2-30(73)74)115-66(52(101)45(58)94)123-60-25(18-109-39(88)11-4-32(77)78)117-68(54(103)47(60)96)125-62-27(20-111-41(90)13-6-34(81)82)119-70(56(105)49(62)98)126-63-28(21-112-42(91)14-7-35(83)84)118-69(55(104)48(63)97)124-61-26(19-110-40(89)12-5-33(79)80)116-67(53(102)46(61)95)122-59-24(17-108-38(87)10-3-31(75)76)114-65(120-57)51(100)44(59)93/h22-28,43-70,92-105H,1-21H2,(H,71,72)(H,73,74)(H,75,76)(H,77,78)(H,79,80)(H,81,82)(H,83,84)/t22-,23-,24-,25-,26-,27-,28-,43+,44+,45+,46+,47+,48+,49+,50+,51+,52+,53+,54+,55+,56+,57-,58-,59-,60-,61-,62-,63-,64-,65-,66-,67-,68-,69-,70+/m1/s1. The van der Waals surface area contributed by atoms with Crippen molar-refractivity contribution >= 4 is 83.6 Å². The van der Waals surface area contributed by atoms with E-state index in [0.29, 0.717) is 0 Å². The summed E-state index contributed by atoms with van der Waals surface area (Å²) in [6, 6.07) is 0. The fourth-order valence-electron chi connectivity index (χ4n) is 13.5. The first-order chi connectivity index (χ1) is 59.4. The Labute approximate surface area is 706 Å². The van der Waals surface area contributed by atoms with Crippen LogP contribution in [0.15, 0.2) is 0 Å². The van der Waals surface area contributed by atoms with E-state index >= 15 is 0 Å². The van der Waals surface area contributed by atoms with Crippen LogP contribution in [-0.2, 0) is 167 Å². The van der Waals surface area contributed by atoms with E-state index in [9.17, 15) is 174 Å². The Morgan fingerprint density at radius 3 is 0.357 bits per heavy atom. The van der Waals surface area contributed by atoms with Crippen molar-refractivity contribution in [3.63, 3.8) is 0 Å². The van der Waals surface area contributed by atoms with Gasteiger partial charge in [0, 0.05) is 0 Å². The molecule has 0 aliphatic carbocycles. The second-order valence-electron chi connectivity index (χ2n) is 29.4. The molecule has 21 saturated heterocycles. The molecule has 21 N–H and O–H groups in total. The summed E-state index contributed by atoms with van der Waals surface area (Å²) in [6.45, 7) is -8.76. The quantitative estimate of drug-likeness (QED) is 0.0207. The molecular formula is C70H98O56. The summed E-state index contributed by atoms with van der Waals surface area (Å²) in [5.74, 6) is -20.2. The molecule has 0 aromatic carbocycles. The van der Waals surface area contributed by atoms with Crippen molar-refractivity contribution in [2.24, 2.45) is 0 Å². The van der Waals surface area contributed by atoms with Crippen LogP contribution in [0.1, 0.15) is 89.9 Å². The topological polar surface area (TPSA) is 858 Å². The molecule has 21 heterocycles. The van der Waals surface area contributed by atoms with Gasteiger partial charge in [0.25, 0.3) is 0 Å². The molecule has 0 radical (unpaired) electrons. The minimum atomic E-state index is -2.66. The van der Waals surface area contributed by atoms with Crippen molar-refractivity contribution < 1.29 is 274 Å². The van der Waals surface area contributed by atoms with Crippen molar-refractivity contribution in [1.29, 1.82) is 0 Å². The Hall–Kier alpha value is -8.54. The Bertz CT molecular complexity index is 3050. The van der Waals surface area contributed by atoms with Crippen LogP contribution in [0.5, 0.6) is 0 Å². The summed E-state index contributed by atoms with van der Waals surface area (Å²) < 4.78 is 120. The zero-order valence-electron chi connectivity index (χ0n) is 65.7. The zero-order chi connectivity index (χ0) is 93.0. The minimum absolute atomic E-state index is 0.888. The minimum Gasteiger partial charge on any atom is -0.481 e. The van der Waals surface area contributed by atoms with E-state index < -0.39 is 435 Å². The predicted molar refractivity (Wildman–Crippen MR) is 374 cm³/mol. The van der Waals surface area contributed by atoms with Gasteiger partial charge < -0.3 is 207 Å². The Balaban J connectivity index is 1.26. The van der Waals surface area contributed by atoms with E-state index in [0.717, 1.165) is 0 Å². The molecule has 0 aromatic rings. The average Bonchev–Trinajstić information content (AvgIpc) is 0.778. The monoisotopic (exact) mass is 1830 g/mol. The van der Waals surface area contributed by atoms with Gasteiger partial charge in [-0.3, -0.25) is 67.1 Å². The second kappa shape index (κ2) is 47.7. The molecule has 0 unspecified atom stereocenters. The smallest absolute Gasteiger partial charge is 0.306 e. The van der Waals surface area contributed by atoms with Crippen molar-refractivity contribution in [2.45, 2.75) is 305 Å². The van der Waals surface area contributed by atoms with Crippen LogP contribution in [0, 0.1) is 0 Å². The van der Waals surface area contributed by atoms with Crippen LogP contribution < -0.4 is 0 Å². The SMILES string of the molecule is O=C(O)CCC(=O)OC[C@H]1O[C@H]2O[C@H]3[C@@H](O)[C@H](O)[C@@H](O[C@H]4[C@@H](O)[C@H](O)[C@@H](O[C@H]5[C@@H](O)[C@H](O)[C@@H](O[C@H]6[C@@H](O)[C@H](O)[C@@H](O[C@H]7[C@@H](O)[C@H](O)[C@@H](O[C@H]8[C@@H](O)[C@H](O)[C@@H](O[C@H]1[C@@H](O)[C@@H]2O)O[C@@H]8COC(=O)CCC(=O)O)O[C@@H]7COC(=O)CCC(=O)O)O[C@@H]6COC(=O)CCC(=O)O)O[C@@H]5COC(=O)CCC(=O)O)O[C@@H]4COC(=O)CCC(=O)O)O[C@@H]3COC(=O)CCC(=O)O. The van der Waals surface area contributed by atoms with Crippen LogP contribution >= 0.6 is 0 Å². The van der Waals surface area contributed by atoms with Crippen molar-refractivity contribution in [1.82, 2.24) is 0 Å². The number of carbonyl (C=O) groups excluding carboxylic acids is 7. The third kappa shape index (κ3) is 28.7. The molecule has 21 rings (SSSR count). The number of aliphatic carboxylic acids is 7. The lowest BCUT2D eigenvalue weighted by Crippen LogP contribution is -2.68. The molecule has 21 aliphatic rings. The fraction of sp³-hybridized carbons (Fsp3) is 0.800. The van der Waals surface area contributed by atoms with Crippen molar-refractivity contribution in [3.8, 4) is 0 Å². The van der Waals surface area contributed by atoms with Gasteiger partial charge in [0.05, 0.1) is 89.9 Å². The molecule has 21 fully saturated rings. The maximum Gasteiger partial charge on any atom is 0.306 e. The summed E-state index contributed by atoms with van der Waals surface area (Å²) in [5.41, 5.74) is 0. The maximum atomic E-state index is 13.1. The number of rotatable bonds is 35. The first kappa shape index (κ1) is 103.